The molecule has 0 aliphatic carbocycles. The summed E-state index contributed by atoms with van der Waals surface area (Å²) >= 11 is 6.24. The fraction of sp³-hybridized carbons (Fsp3) is 0.417. The SMILES string of the molecule is CC(C)Cc1cnc2[nH]c(=O)n(C)c(=O)c2c1Cl. The quantitative estimate of drug-likeness (QED) is 0.896. The van der Waals surface area contributed by atoms with E-state index in [1.165, 1.54) is 7.05 Å². The van der Waals surface area contributed by atoms with Gasteiger partial charge in [-0.1, -0.05) is 25.4 Å². The molecule has 0 unspecified atom stereocenters. The smallest absolute Gasteiger partial charge is 0.291 e. The van der Waals surface area contributed by atoms with Gasteiger partial charge in [0.05, 0.1) is 5.02 Å². The molecule has 2 heterocycles. The Kier molecular flexibility index (Phi) is 3.26. The standard InChI is InChI=1S/C12H14ClN3O2/c1-6(2)4-7-5-14-10-8(9(7)13)11(17)16(3)12(18)15-10/h5-6H,4H2,1-3H3,(H,14,15,18). The number of rotatable bonds is 2. The van der Waals surface area contributed by atoms with Crippen LogP contribution in [0.25, 0.3) is 11.0 Å². The molecule has 0 aliphatic heterocycles. The summed E-state index contributed by atoms with van der Waals surface area (Å²) in [5.41, 5.74) is 0.147. The molecule has 0 saturated carbocycles. The van der Waals surface area contributed by atoms with Crippen LogP contribution in [0.5, 0.6) is 0 Å². The number of fused-ring (bicyclic) bond motifs is 1. The van der Waals surface area contributed by atoms with Crippen LogP contribution in [0.1, 0.15) is 19.4 Å². The number of aromatic amines is 1. The second-order valence-electron chi connectivity index (χ2n) is 4.71. The lowest BCUT2D eigenvalue weighted by molar-refractivity contribution is 0.646. The van der Waals surface area contributed by atoms with Crippen molar-refractivity contribution in [1.29, 1.82) is 0 Å². The summed E-state index contributed by atoms with van der Waals surface area (Å²) in [6, 6.07) is 0. The number of aromatic nitrogens is 3. The van der Waals surface area contributed by atoms with Gasteiger partial charge in [0.25, 0.3) is 5.56 Å². The molecule has 0 fully saturated rings. The lowest BCUT2D eigenvalue weighted by atomic mass is 10.0. The molecule has 5 nitrogen and oxygen atoms in total. The Morgan fingerprint density at radius 1 is 1.44 bits per heavy atom. The first kappa shape index (κ1) is 12.8. The molecular formula is C12H14ClN3O2. The van der Waals surface area contributed by atoms with E-state index < -0.39 is 11.2 Å². The zero-order valence-electron chi connectivity index (χ0n) is 10.5. The summed E-state index contributed by atoms with van der Waals surface area (Å²) in [5, 5.41) is 0.655. The maximum Gasteiger partial charge on any atom is 0.329 e. The molecule has 2 rings (SSSR count). The van der Waals surface area contributed by atoms with E-state index in [0.29, 0.717) is 10.9 Å². The number of nitrogens with zero attached hydrogens (tertiary/aromatic N) is 2. The highest BCUT2D eigenvalue weighted by molar-refractivity contribution is 6.35. The van der Waals surface area contributed by atoms with Gasteiger partial charge >= 0.3 is 5.69 Å². The van der Waals surface area contributed by atoms with Gasteiger partial charge in [0, 0.05) is 13.2 Å². The third-order valence-corrected chi connectivity index (χ3v) is 3.20. The van der Waals surface area contributed by atoms with E-state index in [9.17, 15) is 9.59 Å². The number of hydrogen-bond acceptors (Lipinski definition) is 3. The van der Waals surface area contributed by atoms with E-state index in [4.69, 9.17) is 11.6 Å². The third-order valence-electron chi connectivity index (χ3n) is 2.76. The highest BCUT2D eigenvalue weighted by Crippen LogP contribution is 2.23. The zero-order chi connectivity index (χ0) is 13.4. The van der Waals surface area contributed by atoms with Crippen molar-refractivity contribution >= 4 is 22.6 Å². The normalized spacial score (nSPS) is 11.4. The van der Waals surface area contributed by atoms with Crippen molar-refractivity contribution in [2.45, 2.75) is 20.3 Å². The van der Waals surface area contributed by atoms with Gasteiger partial charge in [-0.15, -0.1) is 0 Å². The summed E-state index contributed by atoms with van der Waals surface area (Å²) in [6.45, 7) is 4.12. The molecule has 0 aromatic carbocycles. The van der Waals surface area contributed by atoms with Crippen LogP contribution in [-0.2, 0) is 13.5 Å². The van der Waals surface area contributed by atoms with Crippen LogP contribution in [0.15, 0.2) is 15.8 Å². The van der Waals surface area contributed by atoms with Gasteiger partial charge < -0.3 is 0 Å². The van der Waals surface area contributed by atoms with E-state index in [0.717, 1.165) is 16.6 Å². The number of nitrogens with one attached hydrogen (secondary N) is 1. The van der Waals surface area contributed by atoms with Gasteiger partial charge in [0.1, 0.15) is 11.0 Å². The molecule has 0 aliphatic rings. The van der Waals surface area contributed by atoms with Gasteiger partial charge in [-0.25, -0.2) is 9.78 Å². The minimum atomic E-state index is -0.493. The summed E-state index contributed by atoms with van der Waals surface area (Å²) in [5.74, 6) is 0.411. The summed E-state index contributed by atoms with van der Waals surface area (Å²) < 4.78 is 0.995. The monoisotopic (exact) mass is 267 g/mol. The third kappa shape index (κ3) is 2.06. The average Bonchev–Trinajstić information content (AvgIpc) is 2.29. The van der Waals surface area contributed by atoms with Gasteiger partial charge in [-0.3, -0.25) is 14.3 Å². The van der Waals surface area contributed by atoms with Crippen molar-refractivity contribution in [1.82, 2.24) is 14.5 Å². The van der Waals surface area contributed by atoms with Crippen LogP contribution in [0.2, 0.25) is 5.02 Å². The van der Waals surface area contributed by atoms with Crippen molar-refractivity contribution in [3.63, 3.8) is 0 Å². The summed E-state index contributed by atoms with van der Waals surface area (Å²) in [7, 11) is 1.41. The predicted octanol–water partition coefficient (Wildman–Crippen LogP) is 1.47. The summed E-state index contributed by atoms with van der Waals surface area (Å²) in [4.78, 5) is 30.1. The van der Waals surface area contributed by atoms with Crippen LogP contribution in [-0.4, -0.2) is 14.5 Å². The second-order valence-corrected chi connectivity index (χ2v) is 5.09. The number of hydrogen-bond donors (Lipinski definition) is 1. The lowest BCUT2D eigenvalue weighted by Crippen LogP contribution is -2.33. The Morgan fingerprint density at radius 3 is 2.72 bits per heavy atom. The Hall–Kier alpha value is -1.62. The number of pyridine rings is 1. The molecule has 0 atom stereocenters. The topological polar surface area (TPSA) is 67.8 Å². The van der Waals surface area contributed by atoms with Crippen molar-refractivity contribution in [2.24, 2.45) is 13.0 Å². The largest absolute Gasteiger partial charge is 0.329 e. The average molecular weight is 268 g/mol. The number of halogens is 1. The van der Waals surface area contributed by atoms with Crippen LogP contribution < -0.4 is 11.2 Å². The Bertz CT molecular complexity index is 716. The predicted molar refractivity (Wildman–Crippen MR) is 71.2 cm³/mol. The zero-order valence-corrected chi connectivity index (χ0v) is 11.2. The fourth-order valence-electron chi connectivity index (χ4n) is 1.85. The second kappa shape index (κ2) is 4.57. The first-order valence-corrected chi connectivity index (χ1v) is 6.06. The molecule has 1 N–H and O–H groups in total. The van der Waals surface area contributed by atoms with E-state index in [2.05, 4.69) is 23.8 Å². The Labute approximate surface area is 108 Å². The molecule has 2 aromatic heterocycles. The highest BCUT2D eigenvalue weighted by atomic mass is 35.5. The molecule has 0 amide bonds. The van der Waals surface area contributed by atoms with Crippen LogP contribution in [0.4, 0.5) is 0 Å². The van der Waals surface area contributed by atoms with Crippen LogP contribution in [0.3, 0.4) is 0 Å². The van der Waals surface area contributed by atoms with E-state index >= 15 is 0 Å². The molecule has 2 aromatic rings. The van der Waals surface area contributed by atoms with E-state index in [-0.39, 0.29) is 11.0 Å². The highest BCUT2D eigenvalue weighted by Gasteiger charge is 2.13. The first-order valence-electron chi connectivity index (χ1n) is 5.68. The maximum absolute atomic E-state index is 12.0. The minimum Gasteiger partial charge on any atom is -0.291 e. The maximum atomic E-state index is 12.0. The molecule has 6 heteroatoms. The van der Waals surface area contributed by atoms with Gasteiger partial charge in [-0.2, -0.15) is 0 Å². The minimum absolute atomic E-state index is 0.237. The Morgan fingerprint density at radius 2 is 2.11 bits per heavy atom. The van der Waals surface area contributed by atoms with Crippen LogP contribution >= 0.6 is 11.6 Å². The van der Waals surface area contributed by atoms with Crippen LogP contribution in [0, 0.1) is 5.92 Å². The van der Waals surface area contributed by atoms with Gasteiger partial charge in [0.15, 0.2) is 0 Å². The van der Waals surface area contributed by atoms with Gasteiger partial charge in [0.2, 0.25) is 0 Å². The summed E-state index contributed by atoms with van der Waals surface area (Å²) in [6.07, 6.45) is 2.35. The number of H-pyrrole nitrogens is 1. The molecular weight excluding hydrogens is 254 g/mol. The van der Waals surface area contributed by atoms with E-state index in [1.54, 1.807) is 6.20 Å². The first-order chi connectivity index (χ1) is 8.41. The van der Waals surface area contributed by atoms with Crippen molar-refractivity contribution < 1.29 is 0 Å². The van der Waals surface area contributed by atoms with Crippen molar-refractivity contribution in [3.05, 3.63) is 37.6 Å². The van der Waals surface area contributed by atoms with E-state index in [1.807, 2.05) is 0 Å². The molecule has 0 saturated heterocycles. The molecule has 0 spiro atoms. The van der Waals surface area contributed by atoms with Gasteiger partial charge in [-0.05, 0) is 17.9 Å². The molecule has 18 heavy (non-hydrogen) atoms. The molecule has 96 valence electrons. The Balaban J connectivity index is 2.82. The van der Waals surface area contributed by atoms with Crippen molar-refractivity contribution in [3.8, 4) is 0 Å². The lowest BCUT2D eigenvalue weighted by Gasteiger charge is -2.09. The fourth-order valence-corrected chi connectivity index (χ4v) is 2.14. The van der Waals surface area contributed by atoms with Crippen molar-refractivity contribution in [2.75, 3.05) is 0 Å². The molecule has 0 radical (unpaired) electrons. The molecule has 0 bridgehead atoms.